The molecule has 1 atom stereocenters. The van der Waals surface area contributed by atoms with Gasteiger partial charge in [-0.3, -0.25) is 0 Å². The molecule has 1 aliphatic rings. The van der Waals surface area contributed by atoms with E-state index in [0.717, 1.165) is 25.7 Å². The minimum absolute atomic E-state index is 0.180. The quantitative estimate of drug-likeness (QED) is 0.894. The number of aliphatic hydroxyl groups excluding tert-OH is 1. The molecular weight excluding hydrogens is 291 g/mol. The zero-order valence-corrected chi connectivity index (χ0v) is 13.7. The number of hydrogen-bond acceptors (Lipinski definition) is 2. The Bertz CT molecular complexity index is 471. The van der Waals surface area contributed by atoms with Gasteiger partial charge in [0.15, 0.2) is 0 Å². The summed E-state index contributed by atoms with van der Waals surface area (Å²) in [6, 6.07) is 4.59. The van der Waals surface area contributed by atoms with Crippen molar-refractivity contribution in [3.05, 3.63) is 34.6 Å². The third-order valence-corrected chi connectivity index (χ3v) is 5.28. The largest absolute Gasteiger partial charge is 0.390 e. The number of benzene rings is 1. The normalized spacial score (nSPS) is 22.0. The topological polar surface area (TPSA) is 29.5 Å². The molecule has 1 unspecified atom stereocenters. The SMILES string of the molecule is COC1(C(O)Cc2c(F)cccc2Cl)CCC(C)(C)CC1. The van der Waals surface area contributed by atoms with Gasteiger partial charge in [0, 0.05) is 24.1 Å². The Morgan fingerprint density at radius 2 is 1.90 bits per heavy atom. The predicted octanol–water partition coefficient (Wildman–Crippen LogP) is 4.37. The molecule has 118 valence electrons. The molecule has 0 heterocycles. The average molecular weight is 315 g/mol. The van der Waals surface area contributed by atoms with E-state index in [-0.39, 0.29) is 17.7 Å². The van der Waals surface area contributed by atoms with Crippen LogP contribution in [-0.4, -0.2) is 23.9 Å². The first-order chi connectivity index (χ1) is 9.80. The lowest BCUT2D eigenvalue weighted by Gasteiger charge is -2.45. The predicted molar refractivity (Wildman–Crippen MR) is 83.1 cm³/mol. The summed E-state index contributed by atoms with van der Waals surface area (Å²) in [5.41, 5.74) is 0.0475. The molecule has 2 rings (SSSR count). The van der Waals surface area contributed by atoms with Crippen LogP contribution in [0.25, 0.3) is 0 Å². The lowest BCUT2D eigenvalue weighted by molar-refractivity contribution is -0.135. The second-order valence-electron chi connectivity index (χ2n) is 6.85. The molecule has 1 N–H and O–H groups in total. The first-order valence-corrected chi connectivity index (χ1v) is 7.84. The van der Waals surface area contributed by atoms with Gasteiger partial charge in [0.1, 0.15) is 5.82 Å². The van der Waals surface area contributed by atoms with E-state index < -0.39 is 11.7 Å². The van der Waals surface area contributed by atoms with Crippen molar-refractivity contribution in [3.8, 4) is 0 Å². The molecular formula is C17H24ClFO2. The second-order valence-corrected chi connectivity index (χ2v) is 7.26. The summed E-state index contributed by atoms with van der Waals surface area (Å²) in [7, 11) is 1.63. The maximum absolute atomic E-state index is 13.9. The molecule has 0 bridgehead atoms. The van der Waals surface area contributed by atoms with Gasteiger partial charge in [-0.25, -0.2) is 4.39 Å². The smallest absolute Gasteiger partial charge is 0.127 e. The maximum Gasteiger partial charge on any atom is 0.127 e. The van der Waals surface area contributed by atoms with Crippen LogP contribution < -0.4 is 0 Å². The van der Waals surface area contributed by atoms with Crippen LogP contribution in [0.2, 0.25) is 5.02 Å². The number of halogens is 2. The van der Waals surface area contributed by atoms with Gasteiger partial charge in [0.05, 0.1) is 11.7 Å². The third kappa shape index (κ3) is 3.58. The minimum Gasteiger partial charge on any atom is -0.390 e. The fourth-order valence-electron chi connectivity index (χ4n) is 3.13. The summed E-state index contributed by atoms with van der Waals surface area (Å²) < 4.78 is 19.6. The van der Waals surface area contributed by atoms with E-state index in [1.165, 1.54) is 6.07 Å². The Hall–Kier alpha value is -0.640. The van der Waals surface area contributed by atoms with E-state index in [2.05, 4.69) is 13.8 Å². The molecule has 0 aromatic heterocycles. The van der Waals surface area contributed by atoms with Crippen molar-refractivity contribution in [3.63, 3.8) is 0 Å². The van der Waals surface area contributed by atoms with Crippen molar-refractivity contribution < 1.29 is 14.2 Å². The minimum atomic E-state index is -0.756. The number of methoxy groups -OCH3 is 1. The van der Waals surface area contributed by atoms with Crippen molar-refractivity contribution in [2.45, 2.75) is 57.7 Å². The van der Waals surface area contributed by atoms with Gasteiger partial charge in [0.25, 0.3) is 0 Å². The van der Waals surface area contributed by atoms with Gasteiger partial charge >= 0.3 is 0 Å². The molecule has 1 aliphatic carbocycles. The van der Waals surface area contributed by atoms with Crippen molar-refractivity contribution in [2.75, 3.05) is 7.11 Å². The lowest BCUT2D eigenvalue weighted by Crippen LogP contribution is -2.49. The first kappa shape index (κ1) is 16.7. The van der Waals surface area contributed by atoms with E-state index in [0.29, 0.717) is 10.6 Å². The van der Waals surface area contributed by atoms with Crippen molar-refractivity contribution in [2.24, 2.45) is 5.41 Å². The van der Waals surface area contributed by atoms with Crippen LogP contribution in [0.5, 0.6) is 0 Å². The Kier molecular flexibility index (Phi) is 4.96. The highest BCUT2D eigenvalue weighted by atomic mass is 35.5. The molecule has 1 aromatic rings. The summed E-state index contributed by atoms with van der Waals surface area (Å²) in [6.07, 6.45) is 2.96. The number of rotatable bonds is 4. The van der Waals surface area contributed by atoms with Crippen LogP contribution in [0.15, 0.2) is 18.2 Å². The van der Waals surface area contributed by atoms with Gasteiger partial charge in [-0.1, -0.05) is 31.5 Å². The molecule has 1 aromatic carbocycles. The van der Waals surface area contributed by atoms with Gasteiger partial charge in [-0.2, -0.15) is 0 Å². The Morgan fingerprint density at radius 1 is 1.29 bits per heavy atom. The van der Waals surface area contributed by atoms with Crippen LogP contribution in [-0.2, 0) is 11.2 Å². The van der Waals surface area contributed by atoms with Crippen LogP contribution in [0.3, 0.4) is 0 Å². The number of ether oxygens (including phenoxy) is 1. The molecule has 0 aliphatic heterocycles. The molecule has 2 nitrogen and oxygen atoms in total. The van der Waals surface area contributed by atoms with E-state index in [9.17, 15) is 9.50 Å². The molecule has 0 spiro atoms. The van der Waals surface area contributed by atoms with Crippen molar-refractivity contribution in [1.82, 2.24) is 0 Å². The summed E-state index contributed by atoms with van der Waals surface area (Å²) in [4.78, 5) is 0. The zero-order valence-electron chi connectivity index (χ0n) is 13.0. The molecule has 0 amide bonds. The Labute approximate surface area is 131 Å². The molecule has 0 saturated heterocycles. The number of hydrogen-bond donors (Lipinski definition) is 1. The molecule has 4 heteroatoms. The van der Waals surface area contributed by atoms with Crippen LogP contribution in [0.4, 0.5) is 4.39 Å². The Balaban J connectivity index is 2.16. The van der Waals surface area contributed by atoms with E-state index in [4.69, 9.17) is 16.3 Å². The van der Waals surface area contributed by atoms with Gasteiger partial charge in [-0.05, 0) is 43.2 Å². The molecule has 1 fully saturated rings. The van der Waals surface area contributed by atoms with Crippen molar-refractivity contribution in [1.29, 1.82) is 0 Å². The van der Waals surface area contributed by atoms with Crippen LogP contribution in [0, 0.1) is 11.2 Å². The van der Waals surface area contributed by atoms with Crippen LogP contribution >= 0.6 is 11.6 Å². The highest BCUT2D eigenvalue weighted by Gasteiger charge is 2.43. The third-order valence-electron chi connectivity index (χ3n) is 4.92. The van der Waals surface area contributed by atoms with Gasteiger partial charge in [0.2, 0.25) is 0 Å². The average Bonchev–Trinajstić information content (AvgIpc) is 2.43. The van der Waals surface area contributed by atoms with E-state index in [1.54, 1.807) is 19.2 Å². The fraction of sp³-hybridized carbons (Fsp3) is 0.647. The first-order valence-electron chi connectivity index (χ1n) is 7.46. The standard InChI is InChI=1S/C17H24ClFO2/c1-16(2)7-9-17(21-3,10-8-16)15(20)11-12-13(18)5-4-6-14(12)19/h4-6,15,20H,7-11H2,1-3H3. The van der Waals surface area contributed by atoms with E-state index >= 15 is 0 Å². The summed E-state index contributed by atoms with van der Waals surface area (Å²) in [5, 5.41) is 11.0. The van der Waals surface area contributed by atoms with Crippen LogP contribution in [0.1, 0.15) is 45.1 Å². The van der Waals surface area contributed by atoms with Gasteiger partial charge < -0.3 is 9.84 Å². The summed E-state index contributed by atoms with van der Waals surface area (Å²) in [5.74, 6) is -0.371. The molecule has 21 heavy (non-hydrogen) atoms. The highest BCUT2D eigenvalue weighted by molar-refractivity contribution is 6.31. The highest BCUT2D eigenvalue weighted by Crippen LogP contribution is 2.44. The maximum atomic E-state index is 13.9. The Morgan fingerprint density at radius 3 is 2.43 bits per heavy atom. The van der Waals surface area contributed by atoms with Crippen molar-refractivity contribution >= 4 is 11.6 Å². The van der Waals surface area contributed by atoms with E-state index in [1.807, 2.05) is 0 Å². The van der Waals surface area contributed by atoms with Gasteiger partial charge in [-0.15, -0.1) is 0 Å². The zero-order chi connectivity index (χ0) is 15.7. The number of aliphatic hydroxyl groups is 1. The monoisotopic (exact) mass is 314 g/mol. The summed E-state index contributed by atoms with van der Waals surface area (Å²) in [6.45, 7) is 4.46. The lowest BCUT2D eigenvalue weighted by atomic mass is 9.68. The second kappa shape index (κ2) is 6.23. The molecule has 1 saturated carbocycles. The summed E-state index contributed by atoms with van der Waals surface area (Å²) >= 11 is 6.05. The molecule has 0 radical (unpaired) electrons. The fourth-order valence-corrected chi connectivity index (χ4v) is 3.37.